The number of carbonyl (C=O) groups excluding carboxylic acids is 1. The normalized spacial score (nSPS) is 15.2. The molecule has 6 heteroatoms. The summed E-state index contributed by atoms with van der Waals surface area (Å²) in [6.07, 6.45) is 3.26. The van der Waals surface area contributed by atoms with E-state index in [0.717, 1.165) is 18.4 Å². The largest absolute Gasteiger partial charge is 0.492 e. The molecule has 0 saturated carbocycles. The highest BCUT2D eigenvalue weighted by Gasteiger charge is 2.18. The molecule has 2 rings (SSSR count). The van der Waals surface area contributed by atoms with E-state index in [2.05, 4.69) is 10.3 Å². The fourth-order valence-electron chi connectivity index (χ4n) is 1.71. The van der Waals surface area contributed by atoms with Gasteiger partial charge in [-0.25, -0.2) is 4.98 Å². The van der Waals surface area contributed by atoms with Gasteiger partial charge in [-0.3, -0.25) is 9.59 Å². The number of aryl methyl sites for hydroxylation is 1. The highest BCUT2D eigenvalue weighted by atomic mass is 16.5. The minimum Gasteiger partial charge on any atom is -0.492 e. The van der Waals surface area contributed by atoms with E-state index < -0.39 is 17.9 Å². The zero-order valence-electron chi connectivity index (χ0n) is 9.97. The monoisotopic (exact) mass is 250 g/mol. The van der Waals surface area contributed by atoms with E-state index in [1.807, 2.05) is 0 Å². The molecule has 2 heterocycles. The SMILES string of the molecule is C[C@H](NC(=O)c1cc2c(cn1)OCCC2)C(=O)O. The number of aliphatic carboxylic acids is 1. The van der Waals surface area contributed by atoms with Crippen LogP contribution in [0.15, 0.2) is 12.3 Å². The first-order valence-electron chi connectivity index (χ1n) is 5.73. The van der Waals surface area contributed by atoms with Gasteiger partial charge in [-0.15, -0.1) is 0 Å². The number of rotatable bonds is 3. The van der Waals surface area contributed by atoms with Crippen molar-refractivity contribution >= 4 is 11.9 Å². The van der Waals surface area contributed by atoms with Crippen LogP contribution in [-0.2, 0) is 11.2 Å². The molecule has 0 radical (unpaired) electrons. The van der Waals surface area contributed by atoms with Crippen molar-refractivity contribution in [1.29, 1.82) is 0 Å². The number of hydrogen-bond donors (Lipinski definition) is 2. The maximum absolute atomic E-state index is 11.8. The number of nitrogens with one attached hydrogen (secondary N) is 1. The van der Waals surface area contributed by atoms with Crippen LogP contribution in [0.2, 0.25) is 0 Å². The summed E-state index contributed by atoms with van der Waals surface area (Å²) in [5.41, 5.74) is 1.15. The van der Waals surface area contributed by atoms with Gasteiger partial charge in [-0.2, -0.15) is 0 Å². The lowest BCUT2D eigenvalue weighted by Crippen LogP contribution is -2.38. The second-order valence-electron chi connectivity index (χ2n) is 4.16. The van der Waals surface area contributed by atoms with Crippen LogP contribution >= 0.6 is 0 Å². The highest BCUT2D eigenvalue weighted by Crippen LogP contribution is 2.23. The van der Waals surface area contributed by atoms with Crippen molar-refractivity contribution in [3.8, 4) is 5.75 Å². The van der Waals surface area contributed by atoms with Crippen LogP contribution in [0.5, 0.6) is 5.75 Å². The summed E-state index contributed by atoms with van der Waals surface area (Å²) in [7, 11) is 0. The van der Waals surface area contributed by atoms with Gasteiger partial charge < -0.3 is 15.2 Å². The molecule has 0 bridgehead atoms. The quantitative estimate of drug-likeness (QED) is 0.820. The predicted octanol–water partition coefficient (Wildman–Crippen LogP) is 0.610. The number of carboxylic acids is 1. The summed E-state index contributed by atoms with van der Waals surface area (Å²) >= 11 is 0. The molecule has 6 nitrogen and oxygen atoms in total. The van der Waals surface area contributed by atoms with Crippen LogP contribution in [0.25, 0.3) is 0 Å². The lowest BCUT2D eigenvalue weighted by atomic mass is 10.1. The third kappa shape index (κ3) is 2.58. The summed E-state index contributed by atoms with van der Waals surface area (Å²) < 4.78 is 5.39. The fourth-order valence-corrected chi connectivity index (χ4v) is 1.71. The van der Waals surface area contributed by atoms with Crippen LogP contribution < -0.4 is 10.1 Å². The minimum atomic E-state index is -1.08. The maximum Gasteiger partial charge on any atom is 0.325 e. The summed E-state index contributed by atoms with van der Waals surface area (Å²) in [6.45, 7) is 2.07. The van der Waals surface area contributed by atoms with Gasteiger partial charge in [0.05, 0.1) is 12.8 Å². The van der Waals surface area contributed by atoms with Gasteiger partial charge in [0, 0.05) is 0 Å². The van der Waals surface area contributed by atoms with Gasteiger partial charge in [0.1, 0.15) is 17.5 Å². The Morgan fingerprint density at radius 3 is 3.06 bits per heavy atom. The molecule has 1 aliphatic rings. The number of carbonyl (C=O) groups is 2. The third-order valence-corrected chi connectivity index (χ3v) is 2.75. The average molecular weight is 250 g/mol. The zero-order valence-corrected chi connectivity index (χ0v) is 9.97. The third-order valence-electron chi connectivity index (χ3n) is 2.75. The van der Waals surface area contributed by atoms with Crippen LogP contribution in [-0.4, -0.2) is 34.6 Å². The molecule has 18 heavy (non-hydrogen) atoms. The molecule has 1 amide bonds. The Balaban J connectivity index is 2.13. The first kappa shape index (κ1) is 12.3. The van der Waals surface area contributed by atoms with E-state index in [-0.39, 0.29) is 5.69 Å². The molecule has 1 aromatic heterocycles. The number of aromatic nitrogens is 1. The topological polar surface area (TPSA) is 88.5 Å². The van der Waals surface area contributed by atoms with Crippen molar-refractivity contribution in [2.75, 3.05) is 6.61 Å². The number of hydrogen-bond acceptors (Lipinski definition) is 4. The Kier molecular flexibility index (Phi) is 3.45. The number of fused-ring (bicyclic) bond motifs is 1. The lowest BCUT2D eigenvalue weighted by molar-refractivity contribution is -0.138. The van der Waals surface area contributed by atoms with E-state index >= 15 is 0 Å². The van der Waals surface area contributed by atoms with E-state index in [4.69, 9.17) is 9.84 Å². The molecule has 0 spiro atoms. The molecule has 0 aliphatic carbocycles. The Labute approximate surface area is 104 Å². The molecule has 1 atom stereocenters. The standard InChI is InChI=1S/C12H14N2O4/c1-7(12(16)17)14-11(15)9-5-8-3-2-4-18-10(8)6-13-9/h5-7H,2-4H2,1H3,(H,14,15)(H,16,17)/t7-/m0/s1. The zero-order chi connectivity index (χ0) is 13.1. The molecule has 1 aliphatic heterocycles. The number of amides is 1. The molecule has 0 fully saturated rings. The predicted molar refractivity (Wildman–Crippen MR) is 62.6 cm³/mol. The smallest absolute Gasteiger partial charge is 0.325 e. The highest BCUT2D eigenvalue weighted by molar-refractivity contribution is 5.95. The van der Waals surface area contributed by atoms with E-state index in [9.17, 15) is 9.59 Å². The Bertz CT molecular complexity index is 487. The van der Waals surface area contributed by atoms with Gasteiger partial charge >= 0.3 is 5.97 Å². The molecule has 96 valence electrons. The van der Waals surface area contributed by atoms with Gasteiger partial charge in [0.2, 0.25) is 0 Å². The molecular formula is C12H14N2O4. The minimum absolute atomic E-state index is 0.215. The molecule has 1 aromatic rings. The number of nitrogens with zero attached hydrogens (tertiary/aromatic N) is 1. The van der Waals surface area contributed by atoms with Gasteiger partial charge in [-0.1, -0.05) is 0 Å². The second kappa shape index (κ2) is 5.03. The molecule has 0 saturated heterocycles. The van der Waals surface area contributed by atoms with Crippen LogP contribution in [0.3, 0.4) is 0 Å². The van der Waals surface area contributed by atoms with Gasteiger partial charge in [0.25, 0.3) is 5.91 Å². The van der Waals surface area contributed by atoms with Crippen molar-refractivity contribution in [3.05, 3.63) is 23.5 Å². The molecule has 0 aromatic carbocycles. The van der Waals surface area contributed by atoms with Crippen molar-refractivity contribution in [2.45, 2.75) is 25.8 Å². The van der Waals surface area contributed by atoms with E-state index in [1.54, 1.807) is 6.07 Å². The van der Waals surface area contributed by atoms with Crippen molar-refractivity contribution in [1.82, 2.24) is 10.3 Å². The number of pyridine rings is 1. The summed E-state index contributed by atoms with van der Waals surface area (Å²) in [5.74, 6) is -0.869. The maximum atomic E-state index is 11.8. The summed E-state index contributed by atoms with van der Waals surface area (Å²) in [4.78, 5) is 26.4. The Morgan fingerprint density at radius 1 is 1.56 bits per heavy atom. The van der Waals surface area contributed by atoms with Crippen molar-refractivity contribution in [3.63, 3.8) is 0 Å². The number of carboxylic acid groups (broad SMARTS) is 1. The van der Waals surface area contributed by atoms with Crippen LogP contribution in [0.4, 0.5) is 0 Å². The Hall–Kier alpha value is -2.11. The Morgan fingerprint density at radius 2 is 2.33 bits per heavy atom. The first-order chi connectivity index (χ1) is 8.58. The van der Waals surface area contributed by atoms with Gasteiger partial charge in [-0.05, 0) is 31.4 Å². The second-order valence-corrected chi connectivity index (χ2v) is 4.16. The average Bonchev–Trinajstić information content (AvgIpc) is 2.37. The summed E-state index contributed by atoms with van der Waals surface area (Å²) in [6, 6.07) is 0.713. The van der Waals surface area contributed by atoms with Crippen LogP contribution in [0.1, 0.15) is 29.4 Å². The van der Waals surface area contributed by atoms with Gasteiger partial charge in [0.15, 0.2) is 0 Å². The molecule has 2 N–H and O–H groups in total. The lowest BCUT2D eigenvalue weighted by Gasteiger charge is -2.17. The molecule has 0 unspecified atom stereocenters. The van der Waals surface area contributed by atoms with Crippen molar-refractivity contribution in [2.24, 2.45) is 0 Å². The van der Waals surface area contributed by atoms with E-state index in [0.29, 0.717) is 12.4 Å². The summed E-state index contributed by atoms with van der Waals surface area (Å²) in [5, 5.41) is 11.1. The van der Waals surface area contributed by atoms with E-state index in [1.165, 1.54) is 13.1 Å². The van der Waals surface area contributed by atoms with Crippen LogP contribution in [0, 0.1) is 0 Å². The fraction of sp³-hybridized carbons (Fsp3) is 0.417. The molecular weight excluding hydrogens is 236 g/mol. The van der Waals surface area contributed by atoms with Crippen molar-refractivity contribution < 1.29 is 19.4 Å². The number of ether oxygens (including phenoxy) is 1. The first-order valence-corrected chi connectivity index (χ1v) is 5.73.